The number of aliphatic imine (C=N–C) groups is 1. The van der Waals surface area contributed by atoms with E-state index in [-0.39, 0.29) is 0 Å². The largest absolute Gasteiger partial charge is 0.378 e. The van der Waals surface area contributed by atoms with E-state index in [4.69, 9.17) is 0 Å². The topological polar surface area (TPSA) is 30.9 Å². The quantitative estimate of drug-likeness (QED) is 0.684. The lowest BCUT2D eigenvalue weighted by atomic mass is 9.92. The fourth-order valence-electron chi connectivity index (χ4n) is 3.45. The average molecular weight is 316 g/mol. The first kappa shape index (κ1) is 17.6. The van der Waals surface area contributed by atoms with E-state index in [0.29, 0.717) is 0 Å². The molecule has 4 nitrogen and oxygen atoms in total. The number of benzene rings is 1. The van der Waals surface area contributed by atoms with Gasteiger partial charge in [0.2, 0.25) is 0 Å². The van der Waals surface area contributed by atoms with Crippen LogP contribution in [0.25, 0.3) is 0 Å². The lowest BCUT2D eigenvalue weighted by Gasteiger charge is -2.37. The normalized spacial score (nSPS) is 22.1. The van der Waals surface area contributed by atoms with Gasteiger partial charge in [-0.3, -0.25) is 4.99 Å². The first-order chi connectivity index (χ1) is 11.0. The summed E-state index contributed by atoms with van der Waals surface area (Å²) in [6.07, 6.45) is 2.34. The molecule has 1 heterocycles. The third-order valence-corrected chi connectivity index (χ3v) is 4.53. The predicted molar refractivity (Wildman–Crippen MR) is 100 cm³/mol. The molecule has 1 saturated heterocycles. The Bertz CT molecular complexity index is 497. The zero-order chi connectivity index (χ0) is 16.8. The maximum atomic E-state index is 4.47. The minimum Gasteiger partial charge on any atom is -0.378 e. The van der Waals surface area contributed by atoms with Crippen molar-refractivity contribution in [3.8, 4) is 0 Å². The Morgan fingerprint density at radius 3 is 2.30 bits per heavy atom. The third kappa shape index (κ3) is 5.15. The zero-order valence-electron chi connectivity index (χ0n) is 15.3. The van der Waals surface area contributed by atoms with Crippen LogP contribution in [-0.2, 0) is 6.42 Å². The van der Waals surface area contributed by atoms with Gasteiger partial charge in [-0.2, -0.15) is 0 Å². The molecular weight excluding hydrogens is 284 g/mol. The molecule has 1 fully saturated rings. The molecule has 1 aromatic carbocycles. The van der Waals surface area contributed by atoms with Gasteiger partial charge in [0.25, 0.3) is 0 Å². The van der Waals surface area contributed by atoms with Crippen LogP contribution >= 0.6 is 0 Å². The molecule has 4 heteroatoms. The summed E-state index contributed by atoms with van der Waals surface area (Å²) >= 11 is 0. The fourth-order valence-corrected chi connectivity index (χ4v) is 3.45. The van der Waals surface area contributed by atoms with Gasteiger partial charge in [0.15, 0.2) is 5.96 Å². The van der Waals surface area contributed by atoms with Crippen molar-refractivity contribution in [3.63, 3.8) is 0 Å². The van der Waals surface area contributed by atoms with Crippen LogP contribution in [0.15, 0.2) is 29.3 Å². The van der Waals surface area contributed by atoms with E-state index in [1.54, 1.807) is 0 Å². The maximum Gasteiger partial charge on any atom is 0.193 e. The standard InChI is InChI=1S/C19H32N4/c1-15-12-16(2)14-23(13-15)19(20-3)21-11-10-17-6-8-18(9-7-17)22(4)5/h6-9,15-16H,10-14H2,1-5H3,(H,20,21). The van der Waals surface area contributed by atoms with Gasteiger partial charge >= 0.3 is 0 Å². The highest BCUT2D eigenvalue weighted by atomic mass is 15.3. The number of anilines is 1. The van der Waals surface area contributed by atoms with Gasteiger partial charge in [-0.15, -0.1) is 0 Å². The molecule has 1 aromatic rings. The Balaban J connectivity index is 1.84. The number of rotatable bonds is 4. The molecule has 0 bridgehead atoms. The molecule has 2 atom stereocenters. The van der Waals surface area contributed by atoms with Crippen LogP contribution in [0.2, 0.25) is 0 Å². The molecule has 0 amide bonds. The molecule has 1 aliphatic heterocycles. The van der Waals surface area contributed by atoms with Gasteiger partial charge in [0.1, 0.15) is 0 Å². The summed E-state index contributed by atoms with van der Waals surface area (Å²) in [6.45, 7) is 7.82. The van der Waals surface area contributed by atoms with E-state index in [2.05, 4.69) is 72.3 Å². The fraction of sp³-hybridized carbons (Fsp3) is 0.632. The Morgan fingerprint density at radius 2 is 1.78 bits per heavy atom. The molecule has 0 spiro atoms. The van der Waals surface area contributed by atoms with Crippen molar-refractivity contribution in [2.45, 2.75) is 26.7 Å². The predicted octanol–water partition coefficient (Wildman–Crippen LogP) is 2.85. The number of nitrogens with one attached hydrogen (secondary N) is 1. The van der Waals surface area contributed by atoms with Crippen LogP contribution in [0.5, 0.6) is 0 Å². The first-order valence-corrected chi connectivity index (χ1v) is 8.71. The lowest BCUT2D eigenvalue weighted by molar-refractivity contribution is 0.208. The average Bonchev–Trinajstić information content (AvgIpc) is 2.51. The summed E-state index contributed by atoms with van der Waals surface area (Å²) in [6, 6.07) is 8.78. The van der Waals surface area contributed by atoms with E-state index in [9.17, 15) is 0 Å². The minimum absolute atomic E-state index is 0.746. The molecule has 2 rings (SSSR count). The molecular formula is C19H32N4. The molecule has 0 radical (unpaired) electrons. The highest BCUT2D eigenvalue weighted by Crippen LogP contribution is 2.20. The van der Waals surface area contributed by atoms with Gasteiger partial charge < -0.3 is 15.1 Å². The van der Waals surface area contributed by atoms with Crippen molar-refractivity contribution < 1.29 is 0 Å². The number of piperidine rings is 1. The number of likely N-dealkylation sites (tertiary alicyclic amines) is 1. The van der Waals surface area contributed by atoms with Crippen LogP contribution in [0.4, 0.5) is 5.69 Å². The minimum atomic E-state index is 0.746. The highest BCUT2D eigenvalue weighted by molar-refractivity contribution is 5.80. The first-order valence-electron chi connectivity index (χ1n) is 8.71. The Kier molecular flexibility index (Phi) is 6.31. The van der Waals surface area contributed by atoms with Crippen molar-refractivity contribution in [1.29, 1.82) is 0 Å². The Morgan fingerprint density at radius 1 is 1.17 bits per heavy atom. The molecule has 0 aliphatic carbocycles. The second-order valence-electron chi connectivity index (χ2n) is 7.14. The summed E-state index contributed by atoms with van der Waals surface area (Å²) < 4.78 is 0. The molecule has 1 aliphatic rings. The number of nitrogens with zero attached hydrogens (tertiary/aromatic N) is 3. The van der Waals surface area contributed by atoms with E-state index in [1.165, 1.54) is 17.7 Å². The van der Waals surface area contributed by atoms with Crippen LogP contribution in [0.1, 0.15) is 25.8 Å². The van der Waals surface area contributed by atoms with Crippen molar-refractivity contribution in [3.05, 3.63) is 29.8 Å². The van der Waals surface area contributed by atoms with E-state index in [0.717, 1.165) is 43.9 Å². The Hall–Kier alpha value is -1.71. The Labute approximate surface area is 141 Å². The molecule has 128 valence electrons. The zero-order valence-corrected chi connectivity index (χ0v) is 15.3. The van der Waals surface area contributed by atoms with Crippen LogP contribution in [0, 0.1) is 11.8 Å². The van der Waals surface area contributed by atoms with Crippen LogP contribution in [0.3, 0.4) is 0 Å². The number of guanidine groups is 1. The summed E-state index contributed by atoms with van der Waals surface area (Å²) in [5.41, 5.74) is 2.60. The second-order valence-corrected chi connectivity index (χ2v) is 7.14. The monoisotopic (exact) mass is 316 g/mol. The van der Waals surface area contributed by atoms with Crippen molar-refractivity contribution >= 4 is 11.6 Å². The molecule has 0 saturated carbocycles. The van der Waals surface area contributed by atoms with E-state index in [1.807, 2.05) is 7.05 Å². The number of hydrogen-bond acceptors (Lipinski definition) is 2. The van der Waals surface area contributed by atoms with Gasteiger partial charge in [0.05, 0.1) is 0 Å². The van der Waals surface area contributed by atoms with Crippen LogP contribution < -0.4 is 10.2 Å². The third-order valence-electron chi connectivity index (χ3n) is 4.53. The summed E-state index contributed by atoms with van der Waals surface area (Å²) in [5, 5.41) is 3.53. The number of hydrogen-bond donors (Lipinski definition) is 1. The SMILES string of the molecule is CN=C(NCCc1ccc(N(C)C)cc1)N1CC(C)CC(C)C1. The van der Waals surface area contributed by atoms with Crippen molar-refractivity contribution in [1.82, 2.24) is 10.2 Å². The van der Waals surface area contributed by atoms with Crippen molar-refractivity contribution in [2.75, 3.05) is 45.7 Å². The maximum absolute atomic E-state index is 4.47. The summed E-state index contributed by atoms with van der Waals surface area (Å²) in [7, 11) is 6.03. The highest BCUT2D eigenvalue weighted by Gasteiger charge is 2.23. The van der Waals surface area contributed by atoms with E-state index < -0.39 is 0 Å². The van der Waals surface area contributed by atoms with Gasteiger partial charge in [-0.1, -0.05) is 26.0 Å². The van der Waals surface area contributed by atoms with Crippen molar-refractivity contribution in [2.24, 2.45) is 16.8 Å². The summed E-state index contributed by atoms with van der Waals surface area (Å²) in [5.74, 6) is 2.54. The van der Waals surface area contributed by atoms with Gasteiger partial charge in [-0.05, 0) is 42.4 Å². The molecule has 0 aromatic heterocycles. The molecule has 1 N–H and O–H groups in total. The summed E-state index contributed by atoms with van der Waals surface area (Å²) in [4.78, 5) is 9.01. The second kappa shape index (κ2) is 8.23. The molecule has 2 unspecified atom stereocenters. The smallest absolute Gasteiger partial charge is 0.193 e. The van der Waals surface area contributed by atoms with E-state index >= 15 is 0 Å². The van der Waals surface area contributed by atoms with Crippen LogP contribution in [-0.4, -0.2) is 51.6 Å². The lowest BCUT2D eigenvalue weighted by Crippen LogP contribution is -2.48. The van der Waals surface area contributed by atoms with Gasteiger partial charge in [0, 0.05) is 46.5 Å². The molecule has 23 heavy (non-hydrogen) atoms. The van der Waals surface area contributed by atoms with Gasteiger partial charge in [-0.25, -0.2) is 0 Å².